The molecule has 0 atom stereocenters. The first-order valence-electron chi connectivity index (χ1n) is 6.31. The van der Waals surface area contributed by atoms with Gasteiger partial charge in [0.05, 0.1) is 5.56 Å². The van der Waals surface area contributed by atoms with Crippen molar-refractivity contribution < 1.29 is 14.3 Å². The molecule has 0 aliphatic heterocycles. The fraction of sp³-hybridized carbons (Fsp3) is 0.188. The van der Waals surface area contributed by atoms with Gasteiger partial charge in [-0.05, 0) is 47.0 Å². The van der Waals surface area contributed by atoms with E-state index in [4.69, 9.17) is 5.11 Å². The van der Waals surface area contributed by atoms with E-state index in [0.29, 0.717) is 12.1 Å². The average molecular weight is 303 g/mol. The summed E-state index contributed by atoms with van der Waals surface area (Å²) >= 11 is 1.57. The molecule has 0 aliphatic rings. The van der Waals surface area contributed by atoms with Crippen molar-refractivity contribution >= 4 is 17.2 Å². The molecule has 0 unspecified atom stereocenters. The molecule has 0 bridgehead atoms. The highest BCUT2D eigenvalue weighted by atomic mass is 32.1. The summed E-state index contributed by atoms with van der Waals surface area (Å²) in [6.45, 7) is 2.04. The molecular weight excluding hydrogens is 289 g/mol. The van der Waals surface area contributed by atoms with Crippen molar-refractivity contribution in [1.82, 2.24) is 5.32 Å². The summed E-state index contributed by atoms with van der Waals surface area (Å²) in [5.74, 6) is 4.23. The molecule has 1 heterocycles. The second-order valence-electron chi connectivity index (χ2n) is 4.41. The van der Waals surface area contributed by atoms with Crippen LogP contribution in [0.25, 0.3) is 0 Å². The summed E-state index contributed by atoms with van der Waals surface area (Å²) in [5, 5.41) is 15.4. The fourth-order valence-corrected chi connectivity index (χ4v) is 2.64. The van der Waals surface area contributed by atoms with Gasteiger partial charge in [-0.25, -0.2) is 4.39 Å². The lowest BCUT2D eigenvalue weighted by Crippen LogP contribution is -2.24. The standard InChI is InChI=1S/C16H14FNO2S/c1-11-9-21-10-13(11)8-18-16(20)15-7-14(17)5-4-12(15)3-2-6-19/h4-5,7,9-10,19H,6,8H2,1H3,(H,18,20). The van der Waals surface area contributed by atoms with Crippen LogP contribution in [-0.4, -0.2) is 17.6 Å². The van der Waals surface area contributed by atoms with Crippen molar-refractivity contribution in [3.05, 3.63) is 57.0 Å². The molecule has 0 fully saturated rings. The number of aryl methyl sites for hydroxylation is 1. The molecule has 3 nitrogen and oxygen atoms in total. The summed E-state index contributed by atoms with van der Waals surface area (Å²) in [6, 6.07) is 3.82. The Hall–Kier alpha value is -2.16. The molecule has 1 aromatic heterocycles. The highest BCUT2D eigenvalue weighted by Gasteiger charge is 2.12. The van der Waals surface area contributed by atoms with Crippen molar-refractivity contribution in [1.29, 1.82) is 0 Å². The van der Waals surface area contributed by atoms with Crippen LogP contribution in [0, 0.1) is 24.6 Å². The maximum Gasteiger partial charge on any atom is 0.252 e. The third kappa shape index (κ3) is 3.91. The maximum absolute atomic E-state index is 13.3. The summed E-state index contributed by atoms with van der Waals surface area (Å²) in [6.07, 6.45) is 0. The number of amides is 1. The van der Waals surface area contributed by atoms with Crippen LogP contribution in [0.2, 0.25) is 0 Å². The number of aliphatic hydroxyl groups excluding tert-OH is 1. The molecule has 5 heteroatoms. The van der Waals surface area contributed by atoms with Crippen molar-refractivity contribution in [3.8, 4) is 11.8 Å². The third-order valence-electron chi connectivity index (χ3n) is 2.93. The van der Waals surface area contributed by atoms with Crippen LogP contribution in [-0.2, 0) is 6.54 Å². The van der Waals surface area contributed by atoms with Crippen LogP contribution in [0.1, 0.15) is 27.0 Å². The second-order valence-corrected chi connectivity index (χ2v) is 5.16. The Balaban J connectivity index is 2.18. The highest BCUT2D eigenvalue weighted by molar-refractivity contribution is 7.08. The van der Waals surface area contributed by atoms with Crippen molar-refractivity contribution in [2.45, 2.75) is 13.5 Å². The number of nitrogens with one attached hydrogen (secondary N) is 1. The van der Waals surface area contributed by atoms with Gasteiger partial charge in [-0.2, -0.15) is 11.3 Å². The number of thiophene rings is 1. The van der Waals surface area contributed by atoms with Crippen LogP contribution in [0.15, 0.2) is 29.0 Å². The SMILES string of the molecule is Cc1cscc1CNC(=O)c1cc(F)ccc1C#CCO. The Bertz CT molecular complexity index is 713. The molecule has 0 aliphatic carbocycles. The Kier molecular flexibility index (Phi) is 5.09. The Morgan fingerprint density at radius 3 is 2.90 bits per heavy atom. The zero-order valence-corrected chi connectivity index (χ0v) is 12.3. The van der Waals surface area contributed by atoms with Gasteiger partial charge in [0.1, 0.15) is 12.4 Å². The Morgan fingerprint density at radius 2 is 2.24 bits per heavy atom. The normalized spacial score (nSPS) is 9.86. The summed E-state index contributed by atoms with van der Waals surface area (Å²) in [5.41, 5.74) is 2.71. The summed E-state index contributed by atoms with van der Waals surface area (Å²) in [7, 11) is 0. The van der Waals surface area contributed by atoms with Gasteiger partial charge in [-0.15, -0.1) is 0 Å². The zero-order valence-electron chi connectivity index (χ0n) is 11.4. The molecule has 0 radical (unpaired) electrons. The van der Waals surface area contributed by atoms with E-state index < -0.39 is 5.82 Å². The highest BCUT2D eigenvalue weighted by Crippen LogP contribution is 2.14. The first-order chi connectivity index (χ1) is 10.1. The minimum absolute atomic E-state index is 0.170. The van der Waals surface area contributed by atoms with E-state index in [0.717, 1.165) is 17.2 Å². The number of halogens is 1. The molecule has 0 saturated carbocycles. The molecule has 0 saturated heterocycles. The predicted octanol–water partition coefficient (Wildman–Crippen LogP) is 2.47. The van der Waals surface area contributed by atoms with Gasteiger partial charge in [0, 0.05) is 12.1 Å². The lowest BCUT2D eigenvalue weighted by Gasteiger charge is -2.07. The van der Waals surface area contributed by atoms with E-state index in [1.54, 1.807) is 11.3 Å². The number of hydrogen-bond acceptors (Lipinski definition) is 3. The number of benzene rings is 1. The maximum atomic E-state index is 13.3. The molecule has 1 amide bonds. The average Bonchev–Trinajstić information content (AvgIpc) is 2.88. The number of carbonyl (C=O) groups is 1. The topological polar surface area (TPSA) is 49.3 Å². The Morgan fingerprint density at radius 1 is 1.43 bits per heavy atom. The quantitative estimate of drug-likeness (QED) is 0.856. The number of aliphatic hydroxyl groups is 1. The van der Waals surface area contributed by atoms with Crippen LogP contribution >= 0.6 is 11.3 Å². The van der Waals surface area contributed by atoms with Gasteiger partial charge in [0.25, 0.3) is 5.91 Å². The zero-order chi connectivity index (χ0) is 15.2. The van der Waals surface area contributed by atoms with Gasteiger partial charge < -0.3 is 10.4 Å². The van der Waals surface area contributed by atoms with Crippen LogP contribution in [0.3, 0.4) is 0 Å². The number of carbonyl (C=O) groups excluding carboxylic acids is 1. The van der Waals surface area contributed by atoms with E-state index in [1.807, 2.05) is 17.7 Å². The smallest absolute Gasteiger partial charge is 0.252 e. The summed E-state index contributed by atoms with van der Waals surface area (Å²) < 4.78 is 13.3. The van der Waals surface area contributed by atoms with E-state index in [9.17, 15) is 9.18 Å². The monoisotopic (exact) mass is 303 g/mol. The van der Waals surface area contributed by atoms with Crippen LogP contribution in [0.5, 0.6) is 0 Å². The van der Waals surface area contributed by atoms with E-state index in [-0.39, 0.29) is 18.1 Å². The molecule has 0 spiro atoms. The number of hydrogen-bond donors (Lipinski definition) is 2. The lowest BCUT2D eigenvalue weighted by atomic mass is 10.1. The van der Waals surface area contributed by atoms with Crippen molar-refractivity contribution in [2.75, 3.05) is 6.61 Å². The molecule has 108 valence electrons. The van der Waals surface area contributed by atoms with E-state index >= 15 is 0 Å². The van der Waals surface area contributed by atoms with Crippen molar-refractivity contribution in [2.24, 2.45) is 0 Å². The second kappa shape index (κ2) is 7.02. The van der Waals surface area contributed by atoms with Gasteiger partial charge >= 0.3 is 0 Å². The van der Waals surface area contributed by atoms with Gasteiger partial charge in [-0.3, -0.25) is 4.79 Å². The molecule has 2 rings (SSSR count). The lowest BCUT2D eigenvalue weighted by molar-refractivity contribution is 0.0950. The molecular formula is C16H14FNO2S. The molecule has 21 heavy (non-hydrogen) atoms. The van der Waals surface area contributed by atoms with E-state index in [2.05, 4.69) is 17.2 Å². The number of rotatable bonds is 3. The summed E-state index contributed by atoms with van der Waals surface area (Å²) in [4.78, 5) is 12.2. The first-order valence-corrected chi connectivity index (χ1v) is 7.25. The van der Waals surface area contributed by atoms with Crippen molar-refractivity contribution in [3.63, 3.8) is 0 Å². The molecule has 1 aromatic carbocycles. The first kappa shape index (κ1) is 15.2. The largest absolute Gasteiger partial charge is 0.384 e. The van der Waals surface area contributed by atoms with Crippen LogP contribution in [0.4, 0.5) is 4.39 Å². The van der Waals surface area contributed by atoms with Gasteiger partial charge in [0.2, 0.25) is 0 Å². The van der Waals surface area contributed by atoms with Crippen LogP contribution < -0.4 is 5.32 Å². The Labute approximate surface area is 126 Å². The molecule has 2 N–H and O–H groups in total. The van der Waals surface area contributed by atoms with Gasteiger partial charge in [-0.1, -0.05) is 11.8 Å². The van der Waals surface area contributed by atoms with E-state index in [1.165, 1.54) is 12.1 Å². The van der Waals surface area contributed by atoms with Gasteiger partial charge in [0.15, 0.2) is 0 Å². The molecule has 2 aromatic rings. The predicted molar refractivity (Wildman–Crippen MR) is 80.6 cm³/mol. The third-order valence-corrected chi connectivity index (χ3v) is 3.84. The fourth-order valence-electron chi connectivity index (χ4n) is 1.79. The minimum atomic E-state index is -0.499. The minimum Gasteiger partial charge on any atom is -0.384 e.